The third-order valence-electron chi connectivity index (χ3n) is 3.51. The zero-order valence-electron chi connectivity index (χ0n) is 12.6. The molecule has 0 spiro atoms. The van der Waals surface area contributed by atoms with Gasteiger partial charge in [-0.3, -0.25) is 4.79 Å². The van der Waals surface area contributed by atoms with Crippen LogP contribution in [0.5, 0.6) is 0 Å². The lowest BCUT2D eigenvalue weighted by molar-refractivity contribution is 0.0717. The average Bonchev–Trinajstić information content (AvgIpc) is 3.07. The third kappa shape index (κ3) is 4.31. The summed E-state index contributed by atoms with van der Waals surface area (Å²) in [5.41, 5.74) is 0.735. The summed E-state index contributed by atoms with van der Waals surface area (Å²) in [6.45, 7) is 1.84. The number of hydrogen-bond donors (Lipinski definition) is 1. The highest BCUT2D eigenvalue weighted by Gasteiger charge is 2.29. The lowest BCUT2D eigenvalue weighted by atomic mass is 10.2. The SMILES string of the molecule is CN(C)CC1CCCN1C(=O)c1csc(C#CCCO)c1. The van der Waals surface area contributed by atoms with Crippen molar-refractivity contribution in [3.8, 4) is 11.8 Å². The topological polar surface area (TPSA) is 43.8 Å². The molecular formula is C16H22N2O2S. The zero-order chi connectivity index (χ0) is 15.2. The van der Waals surface area contributed by atoms with Crippen LogP contribution in [0.2, 0.25) is 0 Å². The highest BCUT2D eigenvalue weighted by atomic mass is 32.1. The molecule has 1 fully saturated rings. The number of aliphatic hydroxyl groups is 1. The van der Waals surface area contributed by atoms with Crippen LogP contribution in [0.15, 0.2) is 11.4 Å². The maximum absolute atomic E-state index is 12.6. The number of amides is 1. The fourth-order valence-corrected chi connectivity index (χ4v) is 3.35. The molecule has 2 heterocycles. The maximum Gasteiger partial charge on any atom is 0.255 e. The number of carbonyl (C=O) groups is 1. The van der Waals surface area contributed by atoms with Gasteiger partial charge in [-0.1, -0.05) is 11.8 Å². The van der Waals surface area contributed by atoms with Crippen LogP contribution < -0.4 is 0 Å². The Hall–Kier alpha value is -1.35. The molecule has 0 saturated carbocycles. The molecule has 0 aliphatic carbocycles. The Kier molecular flexibility index (Phi) is 5.80. The first-order valence-corrected chi connectivity index (χ1v) is 8.13. The lowest BCUT2D eigenvalue weighted by Crippen LogP contribution is -2.41. The molecule has 1 aromatic rings. The van der Waals surface area contributed by atoms with Crippen LogP contribution in [0, 0.1) is 11.8 Å². The molecule has 1 N–H and O–H groups in total. The van der Waals surface area contributed by atoms with Gasteiger partial charge in [-0.15, -0.1) is 11.3 Å². The molecule has 2 rings (SSSR count). The van der Waals surface area contributed by atoms with E-state index >= 15 is 0 Å². The summed E-state index contributed by atoms with van der Waals surface area (Å²) in [6, 6.07) is 2.18. The number of hydrogen-bond acceptors (Lipinski definition) is 4. The van der Waals surface area contributed by atoms with Gasteiger partial charge in [0.25, 0.3) is 5.91 Å². The largest absolute Gasteiger partial charge is 0.395 e. The van der Waals surface area contributed by atoms with Crippen molar-refractivity contribution in [3.63, 3.8) is 0 Å². The molecule has 0 radical (unpaired) electrons. The van der Waals surface area contributed by atoms with Crippen molar-refractivity contribution < 1.29 is 9.90 Å². The Morgan fingerprint density at radius 1 is 1.57 bits per heavy atom. The van der Waals surface area contributed by atoms with Gasteiger partial charge in [0, 0.05) is 30.9 Å². The van der Waals surface area contributed by atoms with Crippen LogP contribution >= 0.6 is 11.3 Å². The molecule has 4 nitrogen and oxygen atoms in total. The second-order valence-corrected chi connectivity index (χ2v) is 6.44. The zero-order valence-corrected chi connectivity index (χ0v) is 13.4. The minimum atomic E-state index is 0.0736. The first-order chi connectivity index (χ1) is 10.1. The molecule has 114 valence electrons. The van der Waals surface area contributed by atoms with E-state index < -0.39 is 0 Å². The number of carbonyl (C=O) groups excluding carboxylic acids is 1. The van der Waals surface area contributed by atoms with E-state index in [1.165, 1.54) is 11.3 Å². The molecular weight excluding hydrogens is 284 g/mol. The third-order valence-corrected chi connectivity index (χ3v) is 4.35. The molecule has 5 heteroatoms. The van der Waals surface area contributed by atoms with E-state index in [0.29, 0.717) is 12.5 Å². The van der Waals surface area contributed by atoms with Gasteiger partial charge in [-0.25, -0.2) is 0 Å². The molecule has 1 aromatic heterocycles. The number of likely N-dealkylation sites (tertiary alicyclic amines) is 1. The molecule has 1 unspecified atom stereocenters. The van der Waals surface area contributed by atoms with Crippen LogP contribution in [0.1, 0.15) is 34.5 Å². The number of aliphatic hydroxyl groups excluding tert-OH is 1. The van der Waals surface area contributed by atoms with E-state index in [1.807, 2.05) is 30.4 Å². The predicted octanol–water partition coefficient (Wildman–Crippen LogP) is 1.65. The second-order valence-electron chi connectivity index (χ2n) is 5.53. The maximum atomic E-state index is 12.6. The summed E-state index contributed by atoms with van der Waals surface area (Å²) in [5.74, 6) is 5.99. The van der Waals surface area contributed by atoms with Crippen molar-refractivity contribution in [2.45, 2.75) is 25.3 Å². The van der Waals surface area contributed by atoms with Gasteiger partial charge in [-0.05, 0) is 33.0 Å². The van der Waals surface area contributed by atoms with Gasteiger partial charge >= 0.3 is 0 Å². The van der Waals surface area contributed by atoms with Crippen LogP contribution in [-0.2, 0) is 0 Å². The normalized spacial score (nSPS) is 17.9. The lowest BCUT2D eigenvalue weighted by Gasteiger charge is -2.26. The molecule has 0 aromatic carbocycles. The molecule has 1 aliphatic heterocycles. The van der Waals surface area contributed by atoms with Crippen molar-refractivity contribution in [1.82, 2.24) is 9.80 Å². The summed E-state index contributed by atoms with van der Waals surface area (Å²) in [4.78, 5) is 17.6. The number of thiophene rings is 1. The first-order valence-electron chi connectivity index (χ1n) is 7.25. The highest BCUT2D eigenvalue weighted by Crippen LogP contribution is 2.23. The van der Waals surface area contributed by atoms with Crippen LogP contribution in [0.3, 0.4) is 0 Å². The number of likely N-dealkylation sites (N-methyl/N-ethyl adjacent to an activating group) is 1. The van der Waals surface area contributed by atoms with E-state index in [0.717, 1.165) is 36.4 Å². The fourth-order valence-electron chi connectivity index (χ4n) is 2.60. The monoisotopic (exact) mass is 306 g/mol. The Morgan fingerprint density at radius 3 is 3.10 bits per heavy atom. The van der Waals surface area contributed by atoms with E-state index in [-0.39, 0.29) is 12.5 Å². The molecule has 0 bridgehead atoms. The summed E-state index contributed by atoms with van der Waals surface area (Å²) in [5, 5.41) is 10.6. The standard InChI is InChI=1S/C16H22N2O2S/c1-17(2)11-14-6-5-8-18(14)16(20)13-10-15(21-12-13)7-3-4-9-19/h10,12,14,19H,4-6,8-9,11H2,1-2H3. The van der Waals surface area contributed by atoms with E-state index in [1.54, 1.807) is 0 Å². The molecule has 1 atom stereocenters. The Bertz CT molecular complexity index is 542. The van der Waals surface area contributed by atoms with Crippen molar-refractivity contribution in [2.75, 3.05) is 33.8 Å². The summed E-state index contributed by atoms with van der Waals surface area (Å²) >= 11 is 1.49. The van der Waals surface area contributed by atoms with E-state index in [2.05, 4.69) is 16.7 Å². The van der Waals surface area contributed by atoms with Crippen LogP contribution in [0.4, 0.5) is 0 Å². The molecule has 1 aliphatic rings. The molecule has 21 heavy (non-hydrogen) atoms. The number of nitrogens with zero attached hydrogens (tertiary/aromatic N) is 2. The second kappa shape index (κ2) is 7.60. The Labute approximate surface area is 130 Å². The van der Waals surface area contributed by atoms with Gasteiger partial charge in [0.1, 0.15) is 0 Å². The average molecular weight is 306 g/mol. The van der Waals surface area contributed by atoms with E-state index in [4.69, 9.17) is 5.11 Å². The van der Waals surface area contributed by atoms with Gasteiger partial charge in [0.05, 0.1) is 17.0 Å². The van der Waals surface area contributed by atoms with Crippen LogP contribution in [0.25, 0.3) is 0 Å². The Morgan fingerprint density at radius 2 is 2.38 bits per heavy atom. The fraction of sp³-hybridized carbons (Fsp3) is 0.562. The summed E-state index contributed by atoms with van der Waals surface area (Å²) in [7, 11) is 4.08. The predicted molar refractivity (Wildman–Crippen MR) is 85.5 cm³/mol. The number of rotatable bonds is 4. The van der Waals surface area contributed by atoms with E-state index in [9.17, 15) is 4.79 Å². The molecule has 1 amide bonds. The van der Waals surface area contributed by atoms with Gasteiger partial charge < -0.3 is 14.9 Å². The Balaban J connectivity index is 2.04. The van der Waals surface area contributed by atoms with Gasteiger partial charge in [0.2, 0.25) is 0 Å². The summed E-state index contributed by atoms with van der Waals surface area (Å²) in [6.07, 6.45) is 2.63. The smallest absolute Gasteiger partial charge is 0.255 e. The molecule has 1 saturated heterocycles. The van der Waals surface area contributed by atoms with Gasteiger partial charge in [-0.2, -0.15) is 0 Å². The van der Waals surface area contributed by atoms with Crippen molar-refractivity contribution in [3.05, 3.63) is 21.9 Å². The van der Waals surface area contributed by atoms with Crippen molar-refractivity contribution >= 4 is 17.2 Å². The van der Waals surface area contributed by atoms with Gasteiger partial charge in [0.15, 0.2) is 0 Å². The minimum absolute atomic E-state index is 0.0736. The van der Waals surface area contributed by atoms with Crippen LogP contribution in [-0.4, -0.2) is 60.6 Å². The van der Waals surface area contributed by atoms with Crippen molar-refractivity contribution in [2.24, 2.45) is 0 Å². The summed E-state index contributed by atoms with van der Waals surface area (Å²) < 4.78 is 0. The first kappa shape index (κ1) is 16.0. The quantitative estimate of drug-likeness (QED) is 0.860. The highest BCUT2D eigenvalue weighted by molar-refractivity contribution is 7.10. The minimum Gasteiger partial charge on any atom is -0.395 e. The van der Waals surface area contributed by atoms with Crippen molar-refractivity contribution in [1.29, 1.82) is 0 Å².